The normalized spacial score (nSPS) is 11.2. The van der Waals surface area contributed by atoms with E-state index < -0.39 is 68.8 Å². The summed E-state index contributed by atoms with van der Waals surface area (Å²) < 4.78 is 108. The van der Waals surface area contributed by atoms with Crippen molar-refractivity contribution in [3.63, 3.8) is 0 Å². The van der Waals surface area contributed by atoms with Crippen LogP contribution in [0.2, 0.25) is 0 Å². The highest BCUT2D eigenvalue weighted by atomic mass is 19.4. The lowest BCUT2D eigenvalue weighted by Gasteiger charge is -2.09. The van der Waals surface area contributed by atoms with E-state index in [1.807, 2.05) is 0 Å². The maximum absolute atomic E-state index is 13.2. The Morgan fingerprint density at radius 2 is 1.30 bits per heavy atom. The lowest BCUT2D eigenvalue weighted by atomic mass is 10.1. The van der Waals surface area contributed by atoms with Crippen molar-refractivity contribution < 1.29 is 59.1 Å². The molecule has 0 aromatic heterocycles. The molecular formula is C18H11F8NO6. The first-order chi connectivity index (χ1) is 15.0. The molecule has 2 aromatic rings. The third kappa shape index (κ3) is 6.85. The molecule has 0 radical (unpaired) electrons. The second kappa shape index (κ2) is 10.2. The Balaban J connectivity index is 0.000000335. The standard InChI is InChI=1S/C9H5F4NO4.C9H6F4O2/c1-18-8(15)4-2-7(14(16)17)5(3-6(4)10)9(11,12)13;1-15-8(14)6-3-2-5(4-7(6)10)9(11,12)13/h2-3H,1H3;2-4H,1H3. The monoisotopic (exact) mass is 489 g/mol. The number of alkyl halides is 6. The van der Waals surface area contributed by atoms with Crippen molar-refractivity contribution in [2.75, 3.05) is 14.2 Å². The highest BCUT2D eigenvalue weighted by Gasteiger charge is 2.40. The van der Waals surface area contributed by atoms with Crippen molar-refractivity contribution >= 4 is 17.6 Å². The highest BCUT2D eigenvalue weighted by molar-refractivity contribution is 5.90. The molecular weight excluding hydrogens is 478 g/mol. The van der Waals surface area contributed by atoms with Crippen LogP contribution < -0.4 is 0 Å². The summed E-state index contributed by atoms with van der Waals surface area (Å²) in [6.45, 7) is 0. The van der Waals surface area contributed by atoms with Crippen LogP contribution >= 0.6 is 0 Å². The van der Waals surface area contributed by atoms with Crippen LogP contribution in [-0.4, -0.2) is 31.1 Å². The number of methoxy groups -OCH3 is 2. The maximum Gasteiger partial charge on any atom is 0.423 e. The Bertz CT molecular complexity index is 1070. The van der Waals surface area contributed by atoms with Gasteiger partial charge in [0.25, 0.3) is 5.69 Å². The van der Waals surface area contributed by atoms with Gasteiger partial charge in [0, 0.05) is 6.07 Å². The van der Waals surface area contributed by atoms with Gasteiger partial charge in [-0.25, -0.2) is 18.4 Å². The van der Waals surface area contributed by atoms with Crippen molar-refractivity contribution in [2.24, 2.45) is 0 Å². The Morgan fingerprint density at radius 1 is 0.818 bits per heavy atom. The number of halogens is 8. The molecule has 0 fully saturated rings. The summed E-state index contributed by atoms with van der Waals surface area (Å²) in [5, 5.41) is 10.5. The van der Waals surface area contributed by atoms with E-state index in [9.17, 15) is 54.8 Å². The van der Waals surface area contributed by atoms with Gasteiger partial charge in [-0.2, -0.15) is 26.3 Å². The lowest BCUT2D eigenvalue weighted by Crippen LogP contribution is -2.13. The van der Waals surface area contributed by atoms with Crippen molar-refractivity contribution in [1.82, 2.24) is 0 Å². The number of esters is 2. The number of hydrogen-bond donors (Lipinski definition) is 0. The van der Waals surface area contributed by atoms with E-state index >= 15 is 0 Å². The molecule has 2 aromatic carbocycles. The van der Waals surface area contributed by atoms with Gasteiger partial charge >= 0.3 is 24.3 Å². The van der Waals surface area contributed by atoms with Crippen molar-refractivity contribution in [3.8, 4) is 0 Å². The maximum atomic E-state index is 13.2. The van der Waals surface area contributed by atoms with Gasteiger partial charge < -0.3 is 9.47 Å². The number of nitro groups is 1. The van der Waals surface area contributed by atoms with Gasteiger partial charge in [-0.05, 0) is 24.3 Å². The molecule has 0 aliphatic rings. The third-order valence-corrected chi connectivity index (χ3v) is 3.69. The van der Waals surface area contributed by atoms with E-state index in [1.54, 1.807) is 0 Å². The topological polar surface area (TPSA) is 95.7 Å². The van der Waals surface area contributed by atoms with Gasteiger partial charge in [-0.1, -0.05) is 0 Å². The molecule has 0 saturated heterocycles. The average molecular weight is 489 g/mol. The summed E-state index contributed by atoms with van der Waals surface area (Å²) in [6.07, 6.45) is -9.73. The van der Waals surface area contributed by atoms with Crippen molar-refractivity contribution in [3.05, 3.63) is 74.3 Å². The summed E-state index contributed by atoms with van der Waals surface area (Å²) in [7, 11) is 1.88. The van der Waals surface area contributed by atoms with Crippen LogP contribution in [0.5, 0.6) is 0 Å². The Morgan fingerprint density at radius 3 is 1.70 bits per heavy atom. The van der Waals surface area contributed by atoms with Gasteiger partial charge in [0.1, 0.15) is 22.8 Å². The van der Waals surface area contributed by atoms with Crippen LogP contribution in [0.15, 0.2) is 30.3 Å². The van der Waals surface area contributed by atoms with Crippen LogP contribution in [0.4, 0.5) is 40.8 Å². The van der Waals surface area contributed by atoms with Crippen LogP contribution in [0.1, 0.15) is 31.8 Å². The third-order valence-electron chi connectivity index (χ3n) is 3.69. The second-order valence-electron chi connectivity index (χ2n) is 5.78. The molecule has 0 aliphatic carbocycles. The van der Waals surface area contributed by atoms with Crippen LogP contribution in [-0.2, 0) is 21.8 Å². The molecule has 0 atom stereocenters. The Kier molecular flexibility index (Phi) is 8.44. The van der Waals surface area contributed by atoms with Crippen LogP contribution in [0.3, 0.4) is 0 Å². The fourth-order valence-electron chi connectivity index (χ4n) is 2.17. The zero-order valence-corrected chi connectivity index (χ0v) is 16.3. The quantitative estimate of drug-likeness (QED) is 0.256. The lowest BCUT2D eigenvalue weighted by molar-refractivity contribution is -0.388. The molecule has 33 heavy (non-hydrogen) atoms. The fraction of sp³-hybridized carbons (Fsp3) is 0.222. The van der Waals surface area contributed by atoms with Crippen molar-refractivity contribution in [1.29, 1.82) is 0 Å². The Hall–Kier alpha value is -3.78. The largest absolute Gasteiger partial charge is 0.465 e. The molecule has 0 aliphatic heterocycles. The molecule has 0 spiro atoms. The van der Waals surface area contributed by atoms with E-state index in [0.29, 0.717) is 6.07 Å². The summed E-state index contributed by atoms with van der Waals surface area (Å²) in [6, 6.07) is 1.71. The first-order valence-corrected chi connectivity index (χ1v) is 8.13. The molecule has 0 heterocycles. The molecule has 180 valence electrons. The van der Waals surface area contributed by atoms with Gasteiger partial charge in [0.05, 0.1) is 30.3 Å². The van der Waals surface area contributed by atoms with Crippen LogP contribution in [0, 0.1) is 21.7 Å². The molecule has 0 unspecified atom stereocenters. The SMILES string of the molecule is COC(=O)c1cc([N+](=O)[O-])c(C(F)(F)F)cc1F.COC(=O)c1ccc(C(F)(F)F)cc1F. The molecule has 15 heteroatoms. The van der Waals surface area contributed by atoms with E-state index in [0.717, 1.165) is 20.3 Å². The second-order valence-corrected chi connectivity index (χ2v) is 5.78. The highest BCUT2D eigenvalue weighted by Crippen LogP contribution is 2.37. The molecule has 0 saturated carbocycles. The first-order valence-electron chi connectivity index (χ1n) is 8.13. The average Bonchev–Trinajstić information content (AvgIpc) is 2.71. The minimum atomic E-state index is -5.10. The summed E-state index contributed by atoms with van der Waals surface area (Å²) in [5.74, 6) is -5.11. The summed E-state index contributed by atoms with van der Waals surface area (Å²) >= 11 is 0. The van der Waals surface area contributed by atoms with E-state index in [4.69, 9.17) is 0 Å². The summed E-state index contributed by atoms with van der Waals surface area (Å²) in [4.78, 5) is 31.0. The first kappa shape index (κ1) is 27.3. The predicted molar refractivity (Wildman–Crippen MR) is 92.1 cm³/mol. The number of benzene rings is 2. The minimum Gasteiger partial charge on any atom is -0.465 e. The fourth-order valence-corrected chi connectivity index (χ4v) is 2.17. The number of carbonyl (C=O) groups is 2. The number of carbonyl (C=O) groups excluding carboxylic acids is 2. The van der Waals surface area contributed by atoms with E-state index in [1.165, 1.54) is 0 Å². The minimum absolute atomic E-state index is 0.107. The smallest absolute Gasteiger partial charge is 0.423 e. The predicted octanol–water partition coefficient (Wildman–Crippen LogP) is 5.17. The molecule has 2 rings (SSSR count). The number of nitrogens with zero attached hydrogens (tertiary/aromatic N) is 1. The number of nitro benzene ring substituents is 1. The van der Waals surface area contributed by atoms with Gasteiger partial charge in [0.2, 0.25) is 0 Å². The van der Waals surface area contributed by atoms with Crippen LogP contribution in [0.25, 0.3) is 0 Å². The molecule has 0 amide bonds. The summed E-state index contributed by atoms with van der Waals surface area (Å²) in [5.41, 5.74) is -5.78. The number of ether oxygens (including phenoxy) is 2. The van der Waals surface area contributed by atoms with Gasteiger partial charge in [0.15, 0.2) is 0 Å². The zero-order chi connectivity index (χ0) is 25.7. The van der Waals surface area contributed by atoms with Gasteiger partial charge in [-0.15, -0.1) is 0 Å². The van der Waals surface area contributed by atoms with E-state index in [-0.39, 0.29) is 18.2 Å². The number of hydrogen-bond acceptors (Lipinski definition) is 6. The van der Waals surface area contributed by atoms with Gasteiger partial charge in [-0.3, -0.25) is 10.1 Å². The Labute approximate surface area is 178 Å². The van der Waals surface area contributed by atoms with E-state index in [2.05, 4.69) is 9.47 Å². The number of rotatable bonds is 3. The zero-order valence-electron chi connectivity index (χ0n) is 16.3. The molecule has 0 N–H and O–H groups in total. The molecule has 0 bridgehead atoms. The molecule has 7 nitrogen and oxygen atoms in total. The van der Waals surface area contributed by atoms with Crippen molar-refractivity contribution in [2.45, 2.75) is 12.4 Å².